The van der Waals surface area contributed by atoms with Crippen LogP contribution in [-0.2, 0) is 11.2 Å². The normalized spacial score (nSPS) is 10.9. The number of rotatable bonds is 6. The summed E-state index contributed by atoms with van der Waals surface area (Å²) < 4.78 is 1.74. The first-order chi connectivity index (χ1) is 11.3. The zero-order chi connectivity index (χ0) is 17.9. The first-order valence-electron chi connectivity index (χ1n) is 8.45. The Balaban J connectivity index is 2.27. The van der Waals surface area contributed by atoms with Gasteiger partial charge in [0, 0.05) is 36.2 Å². The number of aryl methyl sites for hydroxylation is 3. The molecule has 0 aliphatic heterocycles. The number of amides is 1. The summed E-state index contributed by atoms with van der Waals surface area (Å²) in [7, 11) is 1.86. The molecule has 0 bridgehead atoms. The van der Waals surface area contributed by atoms with Gasteiger partial charge in [0.15, 0.2) is 0 Å². The van der Waals surface area contributed by atoms with E-state index in [4.69, 9.17) is 0 Å². The highest BCUT2D eigenvalue weighted by molar-refractivity contribution is 5.79. The van der Waals surface area contributed by atoms with E-state index >= 15 is 0 Å². The molecule has 0 radical (unpaired) electrons. The Bertz CT molecular complexity index is 715. The lowest BCUT2D eigenvalue weighted by Crippen LogP contribution is -2.29. The van der Waals surface area contributed by atoms with Crippen molar-refractivity contribution in [3.05, 3.63) is 34.4 Å². The van der Waals surface area contributed by atoms with Gasteiger partial charge in [0.1, 0.15) is 0 Å². The maximum atomic E-state index is 12.4. The quantitative estimate of drug-likeness (QED) is 0.817. The lowest BCUT2D eigenvalue weighted by molar-refractivity contribution is -0.129. The minimum absolute atomic E-state index is 0.121. The molecule has 130 valence electrons. The zero-order valence-corrected chi connectivity index (χ0v) is 15.6. The monoisotopic (exact) mass is 329 g/mol. The van der Waals surface area contributed by atoms with Gasteiger partial charge in [-0.1, -0.05) is 13.3 Å². The molecular formula is C18H27N5O. The van der Waals surface area contributed by atoms with Crippen LogP contribution in [0.1, 0.15) is 48.1 Å². The number of likely N-dealkylation sites (N-methyl/N-ethyl adjacent to an activating group) is 1. The Morgan fingerprint density at radius 1 is 1.17 bits per heavy atom. The Hall–Kier alpha value is -2.24. The molecule has 0 fully saturated rings. The summed E-state index contributed by atoms with van der Waals surface area (Å²) in [6.07, 6.45) is 2.47. The molecule has 2 rings (SSSR count). The van der Waals surface area contributed by atoms with E-state index in [0.29, 0.717) is 12.4 Å². The van der Waals surface area contributed by atoms with Crippen molar-refractivity contribution in [3.63, 3.8) is 0 Å². The molecule has 0 aliphatic rings. The van der Waals surface area contributed by atoms with Gasteiger partial charge < -0.3 is 4.90 Å². The summed E-state index contributed by atoms with van der Waals surface area (Å²) in [4.78, 5) is 23.2. The van der Waals surface area contributed by atoms with E-state index in [0.717, 1.165) is 47.7 Å². The van der Waals surface area contributed by atoms with E-state index in [1.807, 2.05) is 40.8 Å². The van der Waals surface area contributed by atoms with Crippen molar-refractivity contribution in [2.75, 3.05) is 13.6 Å². The van der Waals surface area contributed by atoms with E-state index in [1.54, 1.807) is 9.58 Å². The molecule has 6 nitrogen and oxygen atoms in total. The predicted octanol–water partition coefficient (Wildman–Crippen LogP) is 2.70. The van der Waals surface area contributed by atoms with Crippen LogP contribution in [0, 0.1) is 27.7 Å². The van der Waals surface area contributed by atoms with Gasteiger partial charge in [-0.2, -0.15) is 5.10 Å². The van der Waals surface area contributed by atoms with Crippen LogP contribution < -0.4 is 0 Å². The van der Waals surface area contributed by atoms with Crippen molar-refractivity contribution < 1.29 is 4.79 Å². The standard InChI is InChI=1S/C18H27N5O/c1-7-8-9-22(6)17(24)11-16-14(4)21-23(15(16)5)18-19-12(2)10-13(3)20-18/h10H,7-9,11H2,1-6H3. The molecule has 2 aromatic rings. The fourth-order valence-corrected chi connectivity index (χ4v) is 2.73. The van der Waals surface area contributed by atoms with E-state index in [9.17, 15) is 4.79 Å². The van der Waals surface area contributed by atoms with Crippen molar-refractivity contribution in [1.29, 1.82) is 0 Å². The van der Waals surface area contributed by atoms with Crippen LogP contribution in [-0.4, -0.2) is 44.1 Å². The second kappa shape index (κ2) is 7.55. The van der Waals surface area contributed by atoms with Crippen LogP contribution in [0.15, 0.2) is 6.07 Å². The fraction of sp³-hybridized carbons (Fsp3) is 0.556. The summed E-state index contributed by atoms with van der Waals surface area (Å²) in [6, 6.07) is 1.93. The third-order valence-corrected chi connectivity index (χ3v) is 4.20. The second-order valence-electron chi connectivity index (χ2n) is 6.36. The second-order valence-corrected chi connectivity index (χ2v) is 6.36. The molecular weight excluding hydrogens is 302 g/mol. The Morgan fingerprint density at radius 2 is 1.79 bits per heavy atom. The van der Waals surface area contributed by atoms with Crippen LogP contribution in [0.25, 0.3) is 5.95 Å². The van der Waals surface area contributed by atoms with Crippen molar-refractivity contribution >= 4 is 5.91 Å². The number of unbranched alkanes of at least 4 members (excludes halogenated alkanes) is 1. The largest absolute Gasteiger partial charge is 0.345 e. The molecule has 0 unspecified atom stereocenters. The summed E-state index contributed by atoms with van der Waals surface area (Å²) in [5.41, 5.74) is 4.55. The molecule has 2 heterocycles. The van der Waals surface area contributed by atoms with Gasteiger partial charge in [-0.3, -0.25) is 4.79 Å². The number of hydrogen-bond acceptors (Lipinski definition) is 4. The van der Waals surface area contributed by atoms with E-state index < -0.39 is 0 Å². The third kappa shape index (κ3) is 3.99. The molecule has 0 atom stereocenters. The first kappa shape index (κ1) is 18.1. The molecule has 0 saturated heterocycles. The first-order valence-corrected chi connectivity index (χ1v) is 8.45. The SMILES string of the molecule is CCCCN(C)C(=O)Cc1c(C)nn(-c2nc(C)cc(C)n2)c1C. The molecule has 2 aromatic heterocycles. The van der Waals surface area contributed by atoms with Crippen molar-refractivity contribution in [2.45, 2.75) is 53.9 Å². The maximum Gasteiger partial charge on any atom is 0.251 e. The van der Waals surface area contributed by atoms with Gasteiger partial charge in [-0.15, -0.1) is 0 Å². The number of aromatic nitrogens is 4. The van der Waals surface area contributed by atoms with Crippen molar-refractivity contribution in [1.82, 2.24) is 24.6 Å². The highest BCUT2D eigenvalue weighted by Gasteiger charge is 2.19. The predicted molar refractivity (Wildman–Crippen MR) is 94.4 cm³/mol. The summed E-state index contributed by atoms with van der Waals surface area (Å²) in [6.45, 7) is 10.7. The Morgan fingerprint density at radius 3 is 2.38 bits per heavy atom. The van der Waals surface area contributed by atoms with E-state index in [2.05, 4.69) is 22.0 Å². The highest BCUT2D eigenvalue weighted by Crippen LogP contribution is 2.18. The minimum atomic E-state index is 0.121. The van der Waals surface area contributed by atoms with Crippen molar-refractivity contribution in [2.24, 2.45) is 0 Å². The van der Waals surface area contributed by atoms with Gasteiger partial charge in [0.2, 0.25) is 5.91 Å². The number of nitrogens with zero attached hydrogens (tertiary/aromatic N) is 5. The van der Waals surface area contributed by atoms with Gasteiger partial charge in [0.05, 0.1) is 12.1 Å². The van der Waals surface area contributed by atoms with E-state index in [-0.39, 0.29) is 5.91 Å². The lowest BCUT2D eigenvalue weighted by atomic mass is 10.1. The average Bonchev–Trinajstić information content (AvgIpc) is 2.79. The van der Waals surface area contributed by atoms with Gasteiger partial charge >= 0.3 is 0 Å². The summed E-state index contributed by atoms with van der Waals surface area (Å²) >= 11 is 0. The number of carbonyl (C=O) groups is 1. The van der Waals surface area contributed by atoms with Crippen molar-refractivity contribution in [3.8, 4) is 5.95 Å². The molecule has 6 heteroatoms. The molecule has 0 spiro atoms. The Kier molecular flexibility index (Phi) is 5.70. The molecule has 1 amide bonds. The smallest absolute Gasteiger partial charge is 0.251 e. The molecule has 0 N–H and O–H groups in total. The van der Waals surface area contributed by atoms with Crippen LogP contribution in [0.4, 0.5) is 0 Å². The molecule has 0 aliphatic carbocycles. The van der Waals surface area contributed by atoms with Gasteiger partial charge in [0.25, 0.3) is 5.95 Å². The van der Waals surface area contributed by atoms with Crippen LogP contribution in [0.5, 0.6) is 0 Å². The summed E-state index contributed by atoms with van der Waals surface area (Å²) in [5, 5.41) is 4.56. The topological polar surface area (TPSA) is 63.9 Å². The fourth-order valence-electron chi connectivity index (χ4n) is 2.73. The van der Waals surface area contributed by atoms with Crippen LogP contribution in [0.3, 0.4) is 0 Å². The minimum Gasteiger partial charge on any atom is -0.345 e. The van der Waals surface area contributed by atoms with Gasteiger partial charge in [-0.05, 0) is 40.2 Å². The van der Waals surface area contributed by atoms with Gasteiger partial charge in [-0.25, -0.2) is 14.6 Å². The average molecular weight is 329 g/mol. The van der Waals surface area contributed by atoms with E-state index in [1.165, 1.54) is 0 Å². The number of hydrogen-bond donors (Lipinski definition) is 0. The number of carbonyl (C=O) groups excluding carboxylic acids is 1. The molecule has 0 saturated carbocycles. The Labute approximate surface area is 143 Å². The maximum absolute atomic E-state index is 12.4. The van der Waals surface area contributed by atoms with Crippen LogP contribution in [0.2, 0.25) is 0 Å². The van der Waals surface area contributed by atoms with Crippen LogP contribution >= 0.6 is 0 Å². The zero-order valence-electron chi connectivity index (χ0n) is 15.6. The third-order valence-electron chi connectivity index (χ3n) is 4.20. The molecule has 24 heavy (non-hydrogen) atoms. The highest BCUT2D eigenvalue weighted by atomic mass is 16.2. The lowest BCUT2D eigenvalue weighted by Gasteiger charge is -2.16. The summed E-state index contributed by atoms with van der Waals surface area (Å²) in [5.74, 6) is 0.682. The molecule has 0 aromatic carbocycles.